The number of aliphatic hydroxyl groups is 1. The maximum absolute atomic E-state index is 9.06. The van der Waals surface area contributed by atoms with Crippen molar-refractivity contribution in [3.05, 3.63) is 35.4 Å². The van der Waals surface area contributed by atoms with Crippen LogP contribution in [0.4, 0.5) is 0 Å². The van der Waals surface area contributed by atoms with Crippen LogP contribution in [0.1, 0.15) is 38.3 Å². The second kappa shape index (κ2) is 6.18. The Kier molecular flexibility index (Phi) is 5.16. The van der Waals surface area contributed by atoms with Crippen molar-refractivity contribution in [1.29, 1.82) is 0 Å². The molecule has 0 bridgehead atoms. The van der Waals surface area contributed by atoms with Gasteiger partial charge in [-0.25, -0.2) is 0 Å². The zero-order valence-electron chi connectivity index (χ0n) is 11.5. The Morgan fingerprint density at radius 2 is 1.65 bits per heavy atom. The van der Waals surface area contributed by atoms with Gasteiger partial charge in [0.15, 0.2) is 0 Å². The largest absolute Gasteiger partial charge is 0.396 e. The van der Waals surface area contributed by atoms with Crippen LogP contribution in [-0.2, 0) is 13.0 Å². The summed E-state index contributed by atoms with van der Waals surface area (Å²) in [6, 6.07) is 8.79. The van der Waals surface area contributed by atoms with Gasteiger partial charge in [0.1, 0.15) is 0 Å². The highest BCUT2D eigenvalue weighted by molar-refractivity contribution is 5.22. The summed E-state index contributed by atoms with van der Waals surface area (Å²) in [5.74, 6) is 0. The highest BCUT2D eigenvalue weighted by Crippen LogP contribution is 2.19. The summed E-state index contributed by atoms with van der Waals surface area (Å²) in [6.07, 6.45) is 1.89. The summed E-state index contributed by atoms with van der Waals surface area (Å²) in [4.78, 5) is 2.30. The van der Waals surface area contributed by atoms with E-state index in [-0.39, 0.29) is 12.1 Å². The molecule has 0 aliphatic heterocycles. The van der Waals surface area contributed by atoms with Gasteiger partial charge in [0.2, 0.25) is 0 Å². The van der Waals surface area contributed by atoms with E-state index < -0.39 is 0 Å². The Balaban J connectivity index is 2.63. The van der Waals surface area contributed by atoms with Crippen molar-refractivity contribution in [1.82, 2.24) is 4.90 Å². The van der Waals surface area contributed by atoms with Crippen molar-refractivity contribution in [2.24, 2.45) is 0 Å². The Labute approximate surface area is 105 Å². The Morgan fingerprint density at radius 1 is 1.12 bits per heavy atom. The molecule has 1 aromatic rings. The number of benzene rings is 1. The number of rotatable bonds is 6. The van der Waals surface area contributed by atoms with E-state index in [4.69, 9.17) is 5.11 Å². The quantitative estimate of drug-likeness (QED) is 0.819. The molecule has 0 heterocycles. The Hall–Kier alpha value is -0.860. The van der Waals surface area contributed by atoms with Gasteiger partial charge in [-0.15, -0.1) is 0 Å². The Bertz CT molecular complexity index is 329. The van der Waals surface area contributed by atoms with Crippen LogP contribution in [0.15, 0.2) is 24.3 Å². The minimum Gasteiger partial charge on any atom is -0.396 e. The van der Waals surface area contributed by atoms with Crippen molar-refractivity contribution in [2.45, 2.75) is 45.7 Å². The zero-order valence-corrected chi connectivity index (χ0v) is 11.5. The van der Waals surface area contributed by atoms with E-state index in [1.165, 1.54) is 11.1 Å². The van der Waals surface area contributed by atoms with Crippen LogP contribution in [0.5, 0.6) is 0 Å². The molecule has 0 radical (unpaired) electrons. The number of aryl methyl sites for hydroxylation is 1. The van der Waals surface area contributed by atoms with E-state index >= 15 is 0 Å². The maximum Gasteiger partial charge on any atom is 0.0448 e. The third-order valence-electron chi connectivity index (χ3n) is 3.61. The molecule has 0 saturated carbocycles. The van der Waals surface area contributed by atoms with E-state index in [0.29, 0.717) is 0 Å². The van der Waals surface area contributed by atoms with Crippen LogP contribution in [0.25, 0.3) is 0 Å². The van der Waals surface area contributed by atoms with E-state index in [1.807, 2.05) is 0 Å². The van der Waals surface area contributed by atoms with Crippen LogP contribution in [0.3, 0.4) is 0 Å². The van der Waals surface area contributed by atoms with Gasteiger partial charge < -0.3 is 5.11 Å². The lowest BCUT2D eigenvalue weighted by atomic mass is 9.98. The van der Waals surface area contributed by atoms with Gasteiger partial charge in [-0.3, -0.25) is 4.90 Å². The molecule has 17 heavy (non-hydrogen) atoms. The third-order valence-corrected chi connectivity index (χ3v) is 3.61. The van der Waals surface area contributed by atoms with Gasteiger partial charge >= 0.3 is 0 Å². The molecule has 0 spiro atoms. The van der Waals surface area contributed by atoms with Crippen LogP contribution >= 0.6 is 0 Å². The summed E-state index contributed by atoms with van der Waals surface area (Å²) in [6.45, 7) is 7.68. The number of aliphatic hydroxyl groups excluding tert-OH is 1. The third kappa shape index (κ3) is 4.14. The molecule has 2 nitrogen and oxygen atoms in total. The summed E-state index contributed by atoms with van der Waals surface area (Å²) in [5, 5.41) is 9.06. The molecule has 0 aromatic heterocycles. The molecular formula is C15H25NO. The minimum absolute atomic E-state index is 0.0399. The summed E-state index contributed by atoms with van der Waals surface area (Å²) in [5.41, 5.74) is 2.75. The van der Waals surface area contributed by atoms with Crippen LogP contribution in [-0.4, -0.2) is 29.2 Å². The predicted octanol–water partition coefficient (Wildman–Crippen LogP) is 2.84. The molecular weight excluding hydrogens is 210 g/mol. The number of hydrogen-bond acceptors (Lipinski definition) is 2. The van der Waals surface area contributed by atoms with Crippen molar-refractivity contribution in [2.75, 3.05) is 13.7 Å². The average Bonchev–Trinajstić information content (AvgIpc) is 2.30. The van der Waals surface area contributed by atoms with Crippen LogP contribution in [0.2, 0.25) is 0 Å². The topological polar surface area (TPSA) is 23.5 Å². The first kappa shape index (κ1) is 14.2. The van der Waals surface area contributed by atoms with Gasteiger partial charge in [0.05, 0.1) is 0 Å². The molecule has 1 aromatic carbocycles. The van der Waals surface area contributed by atoms with Crippen LogP contribution in [0, 0.1) is 0 Å². The first-order valence-corrected chi connectivity index (χ1v) is 6.39. The fraction of sp³-hybridized carbons (Fsp3) is 0.600. The normalized spacial score (nSPS) is 12.1. The lowest BCUT2D eigenvalue weighted by molar-refractivity contribution is 0.110. The number of hydrogen-bond donors (Lipinski definition) is 1. The highest BCUT2D eigenvalue weighted by Gasteiger charge is 2.22. The first-order chi connectivity index (χ1) is 7.99. The second-order valence-electron chi connectivity index (χ2n) is 5.31. The van der Waals surface area contributed by atoms with E-state index in [0.717, 1.165) is 19.4 Å². The van der Waals surface area contributed by atoms with Gasteiger partial charge in [0.25, 0.3) is 0 Å². The minimum atomic E-state index is 0.0399. The van der Waals surface area contributed by atoms with Crippen molar-refractivity contribution in [3.8, 4) is 0 Å². The molecule has 1 rings (SSSR count). The molecule has 0 saturated heterocycles. The molecule has 0 fully saturated rings. The van der Waals surface area contributed by atoms with Crippen molar-refractivity contribution < 1.29 is 5.11 Å². The summed E-state index contributed by atoms with van der Waals surface area (Å²) < 4.78 is 0. The average molecular weight is 235 g/mol. The monoisotopic (exact) mass is 235 g/mol. The second-order valence-corrected chi connectivity index (χ2v) is 5.31. The van der Waals surface area contributed by atoms with E-state index in [2.05, 4.69) is 57.0 Å². The predicted molar refractivity (Wildman–Crippen MR) is 73.1 cm³/mol. The summed E-state index contributed by atoms with van der Waals surface area (Å²) >= 11 is 0. The standard InChI is InChI=1S/C15H25NO/c1-5-13-6-8-14(9-7-13)12-16(4)15(2,3)10-11-17/h6-9,17H,5,10-12H2,1-4H3. The maximum atomic E-state index is 9.06. The number of nitrogens with zero attached hydrogens (tertiary/aromatic N) is 1. The molecule has 2 heteroatoms. The highest BCUT2D eigenvalue weighted by atomic mass is 16.3. The first-order valence-electron chi connectivity index (χ1n) is 6.39. The molecule has 0 aliphatic rings. The fourth-order valence-electron chi connectivity index (χ4n) is 1.83. The molecule has 0 amide bonds. The fourth-order valence-corrected chi connectivity index (χ4v) is 1.83. The SMILES string of the molecule is CCc1ccc(CN(C)C(C)(C)CCO)cc1. The zero-order chi connectivity index (χ0) is 12.9. The van der Waals surface area contributed by atoms with E-state index in [1.54, 1.807) is 0 Å². The van der Waals surface area contributed by atoms with Gasteiger partial charge in [-0.05, 0) is 44.9 Å². The smallest absolute Gasteiger partial charge is 0.0448 e. The lowest BCUT2D eigenvalue weighted by Gasteiger charge is -2.35. The summed E-state index contributed by atoms with van der Waals surface area (Å²) in [7, 11) is 2.11. The molecule has 96 valence electrons. The van der Waals surface area contributed by atoms with E-state index in [9.17, 15) is 0 Å². The van der Waals surface area contributed by atoms with Crippen molar-refractivity contribution >= 4 is 0 Å². The van der Waals surface area contributed by atoms with Crippen molar-refractivity contribution in [3.63, 3.8) is 0 Å². The molecule has 0 unspecified atom stereocenters. The lowest BCUT2D eigenvalue weighted by Crippen LogP contribution is -2.41. The Morgan fingerprint density at radius 3 is 2.12 bits per heavy atom. The molecule has 0 aliphatic carbocycles. The van der Waals surface area contributed by atoms with Gasteiger partial charge in [0, 0.05) is 18.7 Å². The van der Waals surface area contributed by atoms with Crippen LogP contribution < -0.4 is 0 Å². The molecule has 1 N–H and O–H groups in total. The van der Waals surface area contributed by atoms with Gasteiger partial charge in [-0.2, -0.15) is 0 Å². The molecule has 0 atom stereocenters. The van der Waals surface area contributed by atoms with Gasteiger partial charge in [-0.1, -0.05) is 31.2 Å².